The number of rotatable bonds is 5. The maximum Gasteiger partial charge on any atom is 0.0667 e. The molecule has 2 N–H and O–H groups in total. The summed E-state index contributed by atoms with van der Waals surface area (Å²) in [6.45, 7) is 4.32. The van der Waals surface area contributed by atoms with Crippen molar-refractivity contribution in [1.29, 1.82) is 0 Å². The average Bonchev–Trinajstić information content (AvgIpc) is 2.63. The first-order valence-electron chi connectivity index (χ1n) is 7.14. The molecule has 2 rings (SSSR count). The number of aliphatic hydroxyl groups is 1. The van der Waals surface area contributed by atoms with Crippen molar-refractivity contribution in [3.8, 4) is 0 Å². The van der Waals surface area contributed by atoms with Crippen LogP contribution in [0.3, 0.4) is 0 Å². The average molecular weight is 290 g/mol. The van der Waals surface area contributed by atoms with E-state index in [0.717, 1.165) is 32.5 Å². The largest absolute Gasteiger partial charge is 0.392 e. The normalized spacial score (nSPS) is 28.2. The highest BCUT2D eigenvalue weighted by atomic mass is 32.2. The minimum Gasteiger partial charge on any atom is -0.392 e. The second-order valence-electron chi connectivity index (χ2n) is 5.25. The molecule has 5 heteroatoms. The molecule has 1 atom stereocenters. The Bertz CT molecular complexity index is 219. The third kappa shape index (κ3) is 5.70. The van der Waals surface area contributed by atoms with Gasteiger partial charge in [0, 0.05) is 35.6 Å². The number of aliphatic hydroxyl groups excluding tert-OH is 1. The number of thioether (sulfide) groups is 2. The molecule has 0 bridgehead atoms. The van der Waals surface area contributed by atoms with Crippen LogP contribution in [0.5, 0.6) is 0 Å². The van der Waals surface area contributed by atoms with Crippen LogP contribution in [0.25, 0.3) is 0 Å². The number of nitrogens with one attached hydrogen (secondary N) is 1. The van der Waals surface area contributed by atoms with E-state index >= 15 is 0 Å². The van der Waals surface area contributed by atoms with Gasteiger partial charge in [0.15, 0.2) is 0 Å². The van der Waals surface area contributed by atoms with Gasteiger partial charge in [0.05, 0.1) is 6.10 Å². The van der Waals surface area contributed by atoms with Gasteiger partial charge in [-0.3, -0.25) is 0 Å². The molecule has 0 aliphatic carbocycles. The Morgan fingerprint density at radius 2 is 2.00 bits per heavy atom. The molecule has 0 aromatic heterocycles. The van der Waals surface area contributed by atoms with Gasteiger partial charge in [0.2, 0.25) is 0 Å². The molecule has 18 heavy (non-hydrogen) atoms. The minimum absolute atomic E-state index is 0.0821. The van der Waals surface area contributed by atoms with E-state index in [1.165, 1.54) is 36.0 Å². The molecule has 0 radical (unpaired) electrons. The van der Waals surface area contributed by atoms with Crippen LogP contribution in [0.4, 0.5) is 0 Å². The van der Waals surface area contributed by atoms with E-state index < -0.39 is 0 Å². The molecule has 106 valence electrons. The number of β-amino-alcohol motifs (C(OH)–C–C–N with tert-alkyl or cyclic N) is 1. The number of hydrogen-bond acceptors (Lipinski definition) is 5. The second kappa shape index (κ2) is 8.69. The van der Waals surface area contributed by atoms with Crippen molar-refractivity contribution in [2.24, 2.45) is 0 Å². The molecule has 2 fully saturated rings. The SMILES string of the molecule is O[C@@H]1CCCN(CCCNC2CSCCSC2)C1. The topological polar surface area (TPSA) is 35.5 Å². The van der Waals surface area contributed by atoms with E-state index in [-0.39, 0.29) is 6.10 Å². The van der Waals surface area contributed by atoms with Gasteiger partial charge in [0.1, 0.15) is 0 Å². The smallest absolute Gasteiger partial charge is 0.0667 e. The van der Waals surface area contributed by atoms with E-state index in [9.17, 15) is 5.11 Å². The fourth-order valence-corrected chi connectivity index (χ4v) is 5.04. The van der Waals surface area contributed by atoms with Gasteiger partial charge in [-0.2, -0.15) is 23.5 Å². The van der Waals surface area contributed by atoms with Crippen molar-refractivity contribution < 1.29 is 5.11 Å². The lowest BCUT2D eigenvalue weighted by atomic mass is 10.1. The molecular weight excluding hydrogens is 264 g/mol. The van der Waals surface area contributed by atoms with E-state index in [4.69, 9.17) is 0 Å². The molecule has 2 heterocycles. The first-order chi connectivity index (χ1) is 8.84. The lowest BCUT2D eigenvalue weighted by molar-refractivity contribution is 0.0701. The van der Waals surface area contributed by atoms with Crippen molar-refractivity contribution in [1.82, 2.24) is 10.2 Å². The molecule has 0 unspecified atom stereocenters. The van der Waals surface area contributed by atoms with E-state index in [1.807, 2.05) is 0 Å². The van der Waals surface area contributed by atoms with Gasteiger partial charge < -0.3 is 15.3 Å². The molecule has 0 aromatic carbocycles. The van der Waals surface area contributed by atoms with Crippen molar-refractivity contribution in [2.45, 2.75) is 31.4 Å². The Hall–Kier alpha value is 0.580. The first-order valence-corrected chi connectivity index (χ1v) is 9.45. The Kier molecular flexibility index (Phi) is 7.23. The zero-order chi connectivity index (χ0) is 12.6. The van der Waals surface area contributed by atoms with Crippen LogP contribution in [0.1, 0.15) is 19.3 Å². The number of nitrogens with zero attached hydrogens (tertiary/aromatic N) is 1. The monoisotopic (exact) mass is 290 g/mol. The fraction of sp³-hybridized carbons (Fsp3) is 1.00. The Morgan fingerprint density at radius 1 is 1.22 bits per heavy atom. The van der Waals surface area contributed by atoms with Gasteiger partial charge in [0.25, 0.3) is 0 Å². The van der Waals surface area contributed by atoms with Gasteiger partial charge in [-0.15, -0.1) is 0 Å². The third-order valence-corrected chi connectivity index (χ3v) is 6.10. The molecule has 2 aliphatic heterocycles. The summed E-state index contributed by atoms with van der Waals surface area (Å²) in [7, 11) is 0. The summed E-state index contributed by atoms with van der Waals surface area (Å²) < 4.78 is 0. The summed E-state index contributed by atoms with van der Waals surface area (Å²) in [5, 5.41) is 13.3. The Balaban J connectivity index is 1.52. The predicted molar refractivity (Wildman–Crippen MR) is 82.7 cm³/mol. The number of hydrogen-bond donors (Lipinski definition) is 2. The Labute approximate surface area is 119 Å². The molecule has 2 aliphatic rings. The zero-order valence-electron chi connectivity index (χ0n) is 11.1. The number of likely N-dealkylation sites (tertiary alicyclic amines) is 1. The first kappa shape index (κ1) is 15.0. The summed E-state index contributed by atoms with van der Waals surface area (Å²) in [4.78, 5) is 2.41. The maximum absolute atomic E-state index is 9.61. The van der Waals surface area contributed by atoms with Crippen LogP contribution in [0.2, 0.25) is 0 Å². The maximum atomic E-state index is 9.61. The van der Waals surface area contributed by atoms with Crippen LogP contribution < -0.4 is 5.32 Å². The van der Waals surface area contributed by atoms with Crippen LogP contribution in [-0.4, -0.2) is 71.3 Å². The Morgan fingerprint density at radius 3 is 2.72 bits per heavy atom. The lowest BCUT2D eigenvalue weighted by Crippen LogP contribution is -2.40. The molecule has 3 nitrogen and oxygen atoms in total. The van der Waals surface area contributed by atoms with Gasteiger partial charge in [-0.05, 0) is 38.9 Å². The summed E-state index contributed by atoms with van der Waals surface area (Å²) in [5.74, 6) is 5.17. The van der Waals surface area contributed by atoms with Crippen molar-refractivity contribution in [3.05, 3.63) is 0 Å². The van der Waals surface area contributed by atoms with Crippen molar-refractivity contribution in [3.63, 3.8) is 0 Å². The van der Waals surface area contributed by atoms with Crippen molar-refractivity contribution >= 4 is 23.5 Å². The van der Waals surface area contributed by atoms with Crippen LogP contribution >= 0.6 is 23.5 Å². The molecule has 0 amide bonds. The zero-order valence-corrected chi connectivity index (χ0v) is 12.8. The fourth-order valence-electron chi connectivity index (χ4n) is 2.58. The van der Waals surface area contributed by atoms with Crippen molar-refractivity contribution in [2.75, 3.05) is 49.2 Å². The summed E-state index contributed by atoms with van der Waals surface area (Å²) >= 11 is 4.17. The summed E-state index contributed by atoms with van der Waals surface area (Å²) in [6, 6.07) is 0.703. The summed E-state index contributed by atoms with van der Waals surface area (Å²) in [5.41, 5.74) is 0. The van der Waals surface area contributed by atoms with E-state index in [2.05, 4.69) is 33.7 Å². The highest BCUT2D eigenvalue weighted by Gasteiger charge is 2.17. The summed E-state index contributed by atoms with van der Waals surface area (Å²) in [6.07, 6.45) is 3.27. The molecule has 0 aromatic rings. The van der Waals surface area contributed by atoms with Crippen LogP contribution in [0.15, 0.2) is 0 Å². The predicted octanol–water partition coefficient (Wildman–Crippen LogP) is 1.27. The quantitative estimate of drug-likeness (QED) is 0.746. The van der Waals surface area contributed by atoms with Gasteiger partial charge in [-0.25, -0.2) is 0 Å². The molecule has 2 saturated heterocycles. The minimum atomic E-state index is -0.0821. The van der Waals surface area contributed by atoms with Gasteiger partial charge >= 0.3 is 0 Å². The third-order valence-electron chi connectivity index (χ3n) is 3.57. The molecule has 0 spiro atoms. The van der Waals surface area contributed by atoms with E-state index in [0.29, 0.717) is 6.04 Å². The second-order valence-corrected chi connectivity index (χ2v) is 7.55. The highest BCUT2D eigenvalue weighted by molar-refractivity contribution is 8.03. The van der Waals surface area contributed by atoms with Crippen LogP contribution in [-0.2, 0) is 0 Å². The van der Waals surface area contributed by atoms with Gasteiger partial charge in [-0.1, -0.05) is 0 Å². The standard InChI is InChI=1S/C13H26N2OS2/c16-13-3-1-5-15(9-13)6-2-4-14-12-10-17-7-8-18-11-12/h12-14,16H,1-11H2/t13-/m1/s1. The lowest BCUT2D eigenvalue weighted by Gasteiger charge is -2.30. The van der Waals surface area contributed by atoms with E-state index in [1.54, 1.807) is 0 Å². The molecule has 0 saturated carbocycles. The highest BCUT2D eigenvalue weighted by Crippen LogP contribution is 2.16. The number of piperidine rings is 1. The van der Waals surface area contributed by atoms with Crippen LogP contribution in [0, 0.1) is 0 Å². The molecular formula is C13H26N2OS2.